The molecule has 1 N–H and O–H groups in total. The third-order valence-corrected chi connectivity index (χ3v) is 6.83. The minimum absolute atomic E-state index is 0.0750. The van der Waals surface area contributed by atoms with Crippen LogP contribution >= 0.6 is 0 Å². The zero-order valence-corrected chi connectivity index (χ0v) is 15.6. The van der Waals surface area contributed by atoms with Crippen LogP contribution < -0.4 is 5.69 Å². The second-order valence-electron chi connectivity index (χ2n) is 6.58. The number of H-pyrrole nitrogens is 1. The molecule has 0 aliphatic carbocycles. The second-order valence-corrected chi connectivity index (χ2v) is 8.52. The minimum atomic E-state index is -3.55. The Morgan fingerprint density at radius 2 is 2.04 bits per heavy atom. The quantitative estimate of drug-likeness (QED) is 0.896. The van der Waals surface area contributed by atoms with Crippen LogP contribution in [0.4, 0.5) is 0 Å². The highest BCUT2D eigenvalue weighted by atomic mass is 32.2. The molecule has 1 aromatic heterocycles. The average Bonchev–Trinajstić information content (AvgIpc) is 2.98. The van der Waals surface area contributed by atoms with Crippen LogP contribution in [0.2, 0.25) is 0 Å². The van der Waals surface area contributed by atoms with Gasteiger partial charge in [0.1, 0.15) is 5.82 Å². The summed E-state index contributed by atoms with van der Waals surface area (Å²) < 4.78 is 29.1. The zero-order valence-electron chi connectivity index (χ0n) is 14.8. The number of sulfonamides is 1. The van der Waals surface area contributed by atoms with E-state index in [1.165, 1.54) is 4.31 Å². The molecule has 1 aliphatic rings. The Morgan fingerprint density at radius 1 is 1.28 bits per heavy atom. The first kappa shape index (κ1) is 17.9. The van der Waals surface area contributed by atoms with Crippen molar-refractivity contribution >= 4 is 10.0 Å². The van der Waals surface area contributed by atoms with Gasteiger partial charge in [0.05, 0.1) is 4.90 Å². The van der Waals surface area contributed by atoms with E-state index in [0.29, 0.717) is 30.4 Å². The van der Waals surface area contributed by atoms with Crippen LogP contribution in [0.25, 0.3) is 0 Å². The van der Waals surface area contributed by atoms with Crippen LogP contribution in [0.15, 0.2) is 27.9 Å². The summed E-state index contributed by atoms with van der Waals surface area (Å²) in [6, 6.07) is 5.23. The number of rotatable bonds is 4. The summed E-state index contributed by atoms with van der Waals surface area (Å²) in [5.41, 5.74) is 1.78. The molecule has 2 heterocycles. The lowest BCUT2D eigenvalue weighted by atomic mass is 9.99. The van der Waals surface area contributed by atoms with Gasteiger partial charge in [-0.25, -0.2) is 18.3 Å². The van der Waals surface area contributed by atoms with Gasteiger partial charge < -0.3 is 0 Å². The van der Waals surface area contributed by atoms with Crippen molar-refractivity contribution in [1.82, 2.24) is 19.1 Å². The van der Waals surface area contributed by atoms with Gasteiger partial charge >= 0.3 is 5.69 Å². The first-order valence-corrected chi connectivity index (χ1v) is 10.0. The van der Waals surface area contributed by atoms with Crippen LogP contribution in [0, 0.1) is 13.8 Å². The molecule has 1 aromatic carbocycles. The van der Waals surface area contributed by atoms with E-state index in [4.69, 9.17) is 0 Å². The van der Waals surface area contributed by atoms with E-state index in [2.05, 4.69) is 10.2 Å². The zero-order chi connectivity index (χ0) is 18.2. The van der Waals surface area contributed by atoms with Crippen molar-refractivity contribution in [2.24, 2.45) is 0 Å². The number of aryl methyl sites for hydroxylation is 2. The third kappa shape index (κ3) is 3.28. The molecule has 1 aliphatic heterocycles. The summed E-state index contributed by atoms with van der Waals surface area (Å²) in [5.74, 6) is 0.571. The molecule has 1 unspecified atom stereocenters. The molecule has 0 spiro atoms. The molecule has 136 valence electrons. The van der Waals surface area contributed by atoms with Crippen LogP contribution in [0.5, 0.6) is 0 Å². The molecule has 0 saturated carbocycles. The molecular weight excluding hydrogens is 340 g/mol. The Morgan fingerprint density at radius 3 is 2.72 bits per heavy atom. The summed E-state index contributed by atoms with van der Waals surface area (Å²) in [6.45, 7) is 7.12. The second kappa shape index (κ2) is 6.76. The molecule has 0 radical (unpaired) electrons. The van der Waals surface area contributed by atoms with Crippen molar-refractivity contribution in [3.05, 3.63) is 45.6 Å². The molecule has 0 amide bonds. The molecule has 2 aromatic rings. The molecule has 1 fully saturated rings. The number of piperidine rings is 1. The van der Waals surface area contributed by atoms with Crippen molar-refractivity contribution in [2.45, 2.75) is 51.0 Å². The first-order valence-electron chi connectivity index (χ1n) is 8.57. The van der Waals surface area contributed by atoms with Gasteiger partial charge in [-0.1, -0.05) is 6.07 Å². The third-order valence-electron chi connectivity index (χ3n) is 4.97. The van der Waals surface area contributed by atoms with E-state index < -0.39 is 10.0 Å². The van der Waals surface area contributed by atoms with E-state index in [1.807, 2.05) is 26.8 Å². The number of nitrogens with one attached hydrogen (secondary N) is 1. The fourth-order valence-corrected chi connectivity index (χ4v) is 4.95. The summed E-state index contributed by atoms with van der Waals surface area (Å²) in [6.07, 6.45) is 1.57. The van der Waals surface area contributed by atoms with Crippen LogP contribution in [-0.2, 0) is 16.6 Å². The van der Waals surface area contributed by atoms with Gasteiger partial charge in [-0.3, -0.25) is 4.57 Å². The molecular formula is C17H24N4O3S. The summed E-state index contributed by atoms with van der Waals surface area (Å²) in [7, 11) is -3.55. The van der Waals surface area contributed by atoms with Crippen molar-refractivity contribution in [3.8, 4) is 0 Å². The lowest BCUT2D eigenvalue weighted by molar-refractivity contribution is 0.304. The van der Waals surface area contributed by atoms with Crippen molar-refractivity contribution in [1.29, 1.82) is 0 Å². The lowest BCUT2D eigenvalue weighted by Crippen LogP contribution is -2.40. The minimum Gasteiger partial charge on any atom is -0.279 e. The van der Waals surface area contributed by atoms with E-state index in [-0.39, 0.29) is 11.6 Å². The molecule has 7 nitrogen and oxygen atoms in total. The van der Waals surface area contributed by atoms with Crippen LogP contribution in [0.1, 0.15) is 42.6 Å². The molecule has 0 bridgehead atoms. The number of hydrogen-bond acceptors (Lipinski definition) is 4. The Bertz CT molecular complexity index is 930. The highest BCUT2D eigenvalue weighted by molar-refractivity contribution is 7.89. The molecule has 1 atom stereocenters. The monoisotopic (exact) mass is 364 g/mol. The number of benzene rings is 1. The van der Waals surface area contributed by atoms with E-state index in [0.717, 1.165) is 24.0 Å². The Balaban J connectivity index is 1.90. The predicted molar refractivity (Wildman–Crippen MR) is 95.2 cm³/mol. The highest BCUT2D eigenvalue weighted by Gasteiger charge is 2.33. The van der Waals surface area contributed by atoms with Gasteiger partial charge in [0.2, 0.25) is 10.0 Å². The summed E-state index contributed by atoms with van der Waals surface area (Å²) in [5, 5.41) is 6.60. The summed E-state index contributed by atoms with van der Waals surface area (Å²) >= 11 is 0. The SMILES string of the molecule is CCn1c(C2CCCN(S(=O)(=O)c3ccc(C)c(C)c3)C2)n[nH]c1=O. The van der Waals surface area contributed by atoms with Gasteiger partial charge in [0.25, 0.3) is 0 Å². The molecule has 1 saturated heterocycles. The number of aromatic nitrogens is 3. The van der Waals surface area contributed by atoms with Gasteiger partial charge in [-0.05, 0) is 56.9 Å². The maximum Gasteiger partial charge on any atom is 0.343 e. The van der Waals surface area contributed by atoms with E-state index in [9.17, 15) is 13.2 Å². The topological polar surface area (TPSA) is 88.1 Å². The van der Waals surface area contributed by atoms with Crippen molar-refractivity contribution in [3.63, 3.8) is 0 Å². The standard InChI is InChI=1S/C17H24N4O3S/c1-4-21-16(18-19-17(21)22)14-6-5-9-20(11-14)25(23,24)15-8-7-12(2)13(3)10-15/h7-8,10,14H,4-6,9,11H2,1-3H3,(H,19,22). The Hall–Kier alpha value is -1.93. The highest BCUT2D eigenvalue weighted by Crippen LogP contribution is 2.29. The number of hydrogen-bond donors (Lipinski definition) is 1. The molecule has 8 heteroatoms. The average molecular weight is 364 g/mol. The van der Waals surface area contributed by atoms with Gasteiger partial charge in [-0.15, -0.1) is 0 Å². The fraction of sp³-hybridized carbons (Fsp3) is 0.529. The van der Waals surface area contributed by atoms with Gasteiger partial charge in [-0.2, -0.15) is 9.40 Å². The predicted octanol–water partition coefficient (Wildman–Crippen LogP) is 1.78. The van der Waals surface area contributed by atoms with E-state index in [1.54, 1.807) is 16.7 Å². The van der Waals surface area contributed by atoms with Crippen LogP contribution in [0.3, 0.4) is 0 Å². The Labute approximate surface area is 147 Å². The normalized spacial score (nSPS) is 19.2. The van der Waals surface area contributed by atoms with Crippen molar-refractivity contribution in [2.75, 3.05) is 13.1 Å². The van der Waals surface area contributed by atoms with E-state index >= 15 is 0 Å². The Kier molecular flexibility index (Phi) is 4.83. The maximum absolute atomic E-state index is 13.0. The maximum atomic E-state index is 13.0. The van der Waals surface area contributed by atoms with Crippen molar-refractivity contribution < 1.29 is 8.42 Å². The number of aromatic amines is 1. The van der Waals surface area contributed by atoms with Crippen LogP contribution in [-0.4, -0.2) is 40.6 Å². The molecule has 25 heavy (non-hydrogen) atoms. The largest absolute Gasteiger partial charge is 0.343 e. The molecule has 3 rings (SSSR count). The first-order chi connectivity index (χ1) is 11.8. The number of nitrogens with zero attached hydrogens (tertiary/aromatic N) is 3. The lowest BCUT2D eigenvalue weighted by Gasteiger charge is -2.31. The smallest absolute Gasteiger partial charge is 0.279 e. The fourth-order valence-electron chi connectivity index (χ4n) is 3.34. The van der Waals surface area contributed by atoms with Gasteiger partial charge in [0, 0.05) is 25.6 Å². The summed E-state index contributed by atoms with van der Waals surface area (Å²) in [4.78, 5) is 12.1. The van der Waals surface area contributed by atoms with Gasteiger partial charge in [0.15, 0.2) is 0 Å².